The molecule has 0 bridgehead atoms. The molecule has 0 atom stereocenters. The number of rotatable bonds is 6. The van der Waals surface area contributed by atoms with Crippen molar-refractivity contribution in [3.63, 3.8) is 0 Å². The molecule has 0 spiro atoms. The number of hydrogen-bond donors (Lipinski definition) is 3. The summed E-state index contributed by atoms with van der Waals surface area (Å²) in [5.74, 6) is -2.18. The molecule has 5 N–H and O–H groups in total. The van der Waals surface area contributed by atoms with Crippen molar-refractivity contribution < 1.29 is 13.2 Å². The van der Waals surface area contributed by atoms with E-state index >= 15 is 0 Å². The summed E-state index contributed by atoms with van der Waals surface area (Å²) in [5.41, 5.74) is 13.5. The Morgan fingerprint density at radius 2 is 1.68 bits per heavy atom. The van der Waals surface area contributed by atoms with Crippen LogP contribution in [-0.2, 0) is 12.1 Å². The largest absolute Gasteiger partial charge is 0.338 e. The molecule has 0 radical (unpaired) electrons. The zero-order valence-corrected chi connectivity index (χ0v) is 17.7. The van der Waals surface area contributed by atoms with Crippen LogP contribution < -0.4 is 16.8 Å². The van der Waals surface area contributed by atoms with Gasteiger partial charge in [0, 0.05) is 62.5 Å². The lowest BCUT2D eigenvalue weighted by molar-refractivity contribution is -0.0685. The Kier molecular flexibility index (Phi) is 6.27. The Morgan fingerprint density at radius 3 is 2.26 bits per heavy atom. The van der Waals surface area contributed by atoms with Crippen LogP contribution in [-0.4, -0.2) is 46.3 Å². The molecular weight excluding hydrogens is 405 g/mol. The van der Waals surface area contributed by atoms with E-state index in [4.69, 9.17) is 16.6 Å². The molecule has 9 heteroatoms. The Morgan fingerprint density at radius 1 is 1.03 bits per heavy atom. The highest BCUT2D eigenvalue weighted by Crippen LogP contribution is 2.39. The molecule has 170 valence electrons. The summed E-state index contributed by atoms with van der Waals surface area (Å²) >= 11 is 0. The second-order valence-corrected chi connectivity index (χ2v) is 8.84. The normalized spacial score (nSPS) is 26.7. The minimum atomic E-state index is -2.52. The van der Waals surface area contributed by atoms with Gasteiger partial charge in [-0.2, -0.15) is 5.10 Å². The van der Waals surface area contributed by atoms with Crippen LogP contribution in [0, 0.1) is 5.82 Å². The Labute approximate surface area is 180 Å². The summed E-state index contributed by atoms with van der Waals surface area (Å²) in [6, 6.07) is 6.40. The maximum absolute atomic E-state index is 13.5. The molecule has 1 aliphatic heterocycles. The fourth-order valence-corrected chi connectivity index (χ4v) is 4.83. The van der Waals surface area contributed by atoms with E-state index in [0.717, 1.165) is 36.9 Å². The average molecular weight is 437 g/mol. The lowest BCUT2D eigenvalue weighted by Gasteiger charge is -2.45. The van der Waals surface area contributed by atoms with Crippen molar-refractivity contribution in [1.29, 1.82) is 0 Å². The highest BCUT2D eigenvalue weighted by molar-refractivity contribution is 5.58. The van der Waals surface area contributed by atoms with Gasteiger partial charge in [0.1, 0.15) is 5.82 Å². The number of benzene rings is 1. The zero-order chi connectivity index (χ0) is 22.1. The molecule has 0 unspecified atom stereocenters. The zero-order valence-electron chi connectivity index (χ0n) is 17.7. The van der Waals surface area contributed by atoms with Crippen molar-refractivity contribution in [1.82, 2.24) is 14.7 Å². The fourth-order valence-electron chi connectivity index (χ4n) is 4.83. The van der Waals surface area contributed by atoms with E-state index in [1.54, 1.807) is 12.1 Å². The summed E-state index contributed by atoms with van der Waals surface area (Å²) < 4.78 is 42.1. The molecule has 2 fully saturated rings. The van der Waals surface area contributed by atoms with E-state index in [1.807, 2.05) is 10.9 Å². The monoisotopic (exact) mass is 436 g/mol. The van der Waals surface area contributed by atoms with Gasteiger partial charge in [-0.25, -0.2) is 13.2 Å². The van der Waals surface area contributed by atoms with Crippen molar-refractivity contribution in [3.8, 4) is 0 Å². The van der Waals surface area contributed by atoms with E-state index in [9.17, 15) is 13.2 Å². The third-order valence-electron chi connectivity index (χ3n) is 6.91. The van der Waals surface area contributed by atoms with Gasteiger partial charge in [-0.15, -0.1) is 0 Å². The van der Waals surface area contributed by atoms with Crippen LogP contribution in [0.25, 0.3) is 0 Å². The third kappa shape index (κ3) is 4.73. The van der Waals surface area contributed by atoms with Crippen molar-refractivity contribution in [2.75, 3.05) is 25.0 Å². The van der Waals surface area contributed by atoms with E-state index in [1.165, 1.54) is 12.1 Å². The average Bonchev–Trinajstić information content (AvgIpc) is 3.19. The second-order valence-electron chi connectivity index (χ2n) is 8.84. The first-order valence-corrected chi connectivity index (χ1v) is 11.0. The summed E-state index contributed by atoms with van der Waals surface area (Å²) in [6.45, 7) is 1.67. The van der Waals surface area contributed by atoms with Gasteiger partial charge in [0.25, 0.3) is 5.92 Å². The minimum absolute atomic E-state index is 0.0526. The summed E-state index contributed by atoms with van der Waals surface area (Å²) in [4.78, 5) is 2.22. The van der Waals surface area contributed by atoms with Gasteiger partial charge in [-0.1, -0.05) is 0 Å². The van der Waals surface area contributed by atoms with Crippen LogP contribution in [0.15, 0.2) is 30.5 Å². The van der Waals surface area contributed by atoms with Crippen LogP contribution in [0.4, 0.5) is 24.7 Å². The molecule has 1 aromatic heterocycles. The Hall–Kier alpha value is -2.10. The number of aromatic nitrogens is 2. The van der Waals surface area contributed by atoms with E-state index in [0.29, 0.717) is 38.0 Å². The number of alkyl halides is 2. The van der Waals surface area contributed by atoms with Gasteiger partial charge >= 0.3 is 0 Å². The van der Waals surface area contributed by atoms with Crippen LogP contribution in [0.2, 0.25) is 0 Å². The minimum Gasteiger partial charge on any atom is -0.338 e. The van der Waals surface area contributed by atoms with Gasteiger partial charge in [0.05, 0.1) is 5.54 Å². The van der Waals surface area contributed by atoms with Gasteiger partial charge in [-0.3, -0.25) is 9.58 Å². The quantitative estimate of drug-likeness (QED) is 0.645. The molecule has 2 aromatic rings. The Bertz CT molecular complexity index is 864. The number of nitrogens with one attached hydrogen (secondary N) is 1. The number of likely N-dealkylation sites (tertiary alicyclic amines) is 1. The van der Waals surface area contributed by atoms with Gasteiger partial charge < -0.3 is 16.8 Å². The van der Waals surface area contributed by atoms with E-state index in [-0.39, 0.29) is 24.2 Å². The topological polar surface area (TPSA) is 85.1 Å². The molecule has 0 amide bonds. The first-order valence-electron chi connectivity index (χ1n) is 11.0. The third-order valence-corrected chi connectivity index (χ3v) is 6.91. The molecular formula is C22H31F3N6. The van der Waals surface area contributed by atoms with Crippen molar-refractivity contribution >= 4 is 11.5 Å². The number of anilines is 2. The number of hydrogen-bond acceptors (Lipinski definition) is 5. The molecule has 2 aliphatic rings. The molecule has 6 nitrogen and oxygen atoms in total. The second kappa shape index (κ2) is 8.80. The van der Waals surface area contributed by atoms with E-state index < -0.39 is 5.92 Å². The Balaban J connectivity index is 1.46. The molecule has 1 aliphatic carbocycles. The van der Waals surface area contributed by atoms with Gasteiger partial charge in [0.2, 0.25) is 0 Å². The number of nitrogens with zero attached hydrogens (tertiary/aromatic N) is 3. The lowest BCUT2D eigenvalue weighted by atomic mass is 9.78. The van der Waals surface area contributed by atoms with Crippen molar-refractivity contribution in [2.24, 2.45) is 11.5 Å². The number of halogens is 3. The van der Waals surface area contributed by atoms with Crippen LogP contribution in [0.5, 0.6) is 0 Å². The number of piperidine rings is 1. The highest BCUT2D eigenvalue weighted by Gasteiger charge is 2.41. The standard InChI is InChI=1S/C22H31F3N6/c23-17-1-3-18(4-2-17)28-20-16(13-26)14-31(29-20)21(15-27)7-5-19(6-8-21)30-11-9-22(24,25)10-12-30/h1-4,14,19H,5-13,15,26-27H2,(H,28,29). The SMILES string of the molecule is NCc1cn(C2(CN)CCC(N3CCC(F)(F)CC3)CC2)nc1Nc1ccc(F)cc1. The smallest absolute Gasteiger partial charge is 0.250 e. The summed E-state index contributed by atoms with van der Waals surface area (Å²) in [6.07, 6.45) is 5.32. The molecule has 1 saturated heterocycles. The molecule has 1 aromatic carbocycles. The van der Waals surface area contributed by atoms with Crippen LogP contribution in [0.3, 0.4) is 0 Å². The predicted octanol–water partition coefficient (Wildman–Crippen LogP) is 3.55. The predicted molar refractivity (Wildman–Crippen MR) is 115 cm³/mol. The maximum Gasteiger partial charge on any atom is 0.250 e. The molecule has 1 saturated carbocycles. The summed E-state index contributed by atoms with van der Waals surface area (Å²) in [5, 5.41) is 7.98. The van der Waals surface area contributed by atoms with Gasteiger partial charge in [0.15, 0.2) is 5.82 Å². The van der Waals surface area contributed by atoms with E-state index in [2.05, 4.69) is 10.2 Å². The first kappa shape index (κ1) is 22.1. The highest BCUT2D eigenvalue weighted by atomic mass is 19.3. The number of nitrogens with two attached hydrogens (primary N) is 2. The lowest BCUT2D eigenvalue weighted by Crippen LogP contribution is -2.51. The van der Waals surface area contributed by atoms with Crippen LogP contribution >= 0.6 is 0 Å². The molecule has 2 heterocycles. The molecule has 31 heavy (non-hydrogen) atoms. The van der Waals surface area contributed by atoms with Crippen molar-refractivity contribution in [3.05, 3.63) is 41.8 Å². The summed E-state index contributed by atoms with van der Waals surface area (Å²) in [7, 11) is 0. The maximum atomic E-state index is 13.5. The first-order chi connectivity index (χ1) is 14.8. The van der Waals surface area contributed by atoms with Crippen LogP contribution in [0.1, 0.15) is 44.1 Å². The van der Waals surface area contributed by atoms with Crippen molar-refractivity contribution in [2.45, 2.75) is 62.6 Å². The van der Waals surface area contributed by atoms with Gasteiger partial charge in [-0.05, 0) is 49.9 Å². The fraction of sp³-hybridized carbons (Fsp3) is 0.591. The molecule has 4 rings (SSSR count).